The monoisotopic (exact) mass is 251 g/mol. The quantitative estimate of drug-likeness (QED) is 0.809. The van der Waals surface area contributed by atoms with Crippen LogP contribution in [0.1, 0.15) is 5.56 Å². The molecule has 3 N–H and O–H groups in total. The minimum Gasteiger partial charge on any atom is -0.480 e. The zero-order valence-electron chi connectivity index (χ0n) is 7.51. The van der Waals surface area contributed by atoms with Gasteiger partial charge in [0.1, 0.15) is 11.9 Å². The lowest BCUT2D eigenvalue weighted by Crippen LogP contribution is -2.32. The molecule has 0 aliphatic carbocycles. The van der Waals surface area contributed by atoms with E-state index in [2.05, 4.69) is 0 Å². The summed E-state index contributed by atoms with van der Waals surface area (Å²) in [7, 11) is 0. The Kier molecular flexibility index (Phi) is 3.90. The van der Waals surface area contributed by atoms with Gasteiger partial charge in [0.25, 0.3) is 0 Å². The molecular formula is C9H8Cl2FNO2. The van der Waals surface area contributed by atoms with E-state index in [4.69, 9.17) is 34.0 Å². The molecule has 1 aromatic carbocycles. The first kappa shape index (κ1) is 12.2. The summed E-state index contributed by atoms with van der Waals surface area (Å²) in [6.45, 7) is 0. The molecular weight excluding hydrogens is 244 g/mol. The number of carboxylic acids is 1. The maximum absolute atomic E-state index is 13.3. The molecule has 0 aliphatic rings. The van der Waals surface area contributed by atoms with E-state index in [1.54, 1.807) is 0 Å². The van der Waals surface area contributed by atoms with Gasteiger partial charge in [-0.05, 0) is 12.1 Å². The van der Waals surface area contributed by atoms with Crippen molar-refractivity contribution in [3.8, 4) is 0 Å². The number of nitrogens with two attached hydrogens (primary N) is 1. The van der Waals surface area contributed by atoms with Gasteiger partial charge in [-0.15, -0.1) is 0 Å². The van der Waals surface area contributed by atoms with Crippen LogP contribution in [0.4, 0.5) is 4.39 Å². The molecule has 1 aromatic rings. The van der Waals surface area contributed by atoms with Crippen LogP contribution < -0.4 is 5.73 Å². The first-order valence-electron chi connectivity index (χ1n) is 4.04. The summed E-state index contributed by atoms with van der Waals surface area (Å²) in [6.07, 6.45) is -0.194. The van der Waals surface area contributed by atoms with E-state index in [-0.39, 0.29) is 22.0 Å². The molecule has 15 heavy (non-hydrogen) atoms. The average Bonchev–Trinajstić information content (AvgIpc) is 2.18. The lowest BCUT2D eigenvalue weighted by atomic mass is 10.1. The average molecular weight is 252 g/mol. The Bertz CT molecular complexity index is 398. The van der Waals surface area contributed by atoms with Gasteiger partial charge in [0.15, 0.2) is 0 Å². The Morgan fingerprint density at radius 1 is 1.53 bits per heavy atom. The molecule has 0 spiro atoms. The maximum atomic E-state index is 13.3. The predicted octanol–water partition coefficient (Wildman–Crippen LogP) is 2.09. The third-order valence-electron chi connectivity index (χ3n) is 1.88. The molecule has 1 atom stereocenters. The predicted molar refractivity (Wildman–Crippen MR) is 55.7 cm³/mol. The lowest BCUT2D eigenvalue weighted by Gasteiger charge is -2.10. The van der Waals surface area contributed by atoms with Crippen LogP contribution in [0, 0.1) is 5.82 Å². The van der Waals surface area contributed by atoms with Crippen LogP contribution in [-0.2, 0) is 11.2 Å². The van der Waals surface area contributed by atoms with Crippen molar-refractivity contribution in [2.75, 3.05) is 0 Å². The van der Waals surface area contributed by atoms with E-state index in [1.165, 1.54) is 6.07 Å². The van der Waals surface area contributed by atoms with Gasteiger partial charge in [0, 0.05) is 12.0 Å². The molecule has 82 valence electrons. The van der Waals surface area contributed by atoms with Gasteiger partial charge in [0.2, 0.25) is 0 Å². The normalized spacial score (nSPS) is 12.5. The fourth-order valence-corrected chi connectivity index (χ4v) is 1.47. The first-order valence-corrected chi connectivity index (χ1v) is 4.80. The van der Waals surface area contributed by atoms with Gasteiger partial charge in [-0.1, -0.05) is 23.2 Å². The zero-order valence-corrected chi connectivity index (χ0v) is 9.02. The van der Waals surface area contributed by atoms with Crippen LogP contribution in [0.3, 0.4) is 0 Å². The highest BCUT2D eigenvalue weighted by molar-refractivity contribution is 6.42. The third kappa shape index (κ3) is 2.81. The molecule has 0 aromatic heterocycles. The van der Waals surface area contributed by atoms with Crippen LogP contribution in [-0.4, -0.2) is 17.1 Å². The van der Waals surface area contributed by atoms with Gasteiger partial charge in [-0.2, -0.15) is 0 Å². The summed E-state index contributed by atoms with van der Waals surface area (Å²) in [6, 6.07) is 1.23. The molecule has 3 nitrogen and oxygen atoms in total. The number of carboxylic acid groups (broad SMARTS) is 1. The molecule has 0 heterocycles. The summed E-state index contributed by atoms with van der Waals surface area (Å²) >= 11 is 11.4. The molecule has 6 heteroatoms. The van der Waals surface area contributed by atoms with Crippen LogP contribution in [0.25, 0.3) is 0 Å². The molecule has 0 fully saturated rings. The van der Waals surface area contributed by atoms with Crippen molar-refractivity contribution in [1.82, 2.24) is 0 Å². The second-order valence-electron chi connectivity index (χ2n) is 2.97. The van der Waals surface area contributed by atoms with E-state index in [0.29, 0.717) is 0 Å². The van der Waals surface area contributed by atoms with Crippen molar-refractivity contribution in [3.05, 3.63) is 33.6 Å². The van der Waals surface area contributed by atoms with Crippen LogP contribution in [0.15, 0.2) is 12.1 Å². The largest absolute Gasteiger partial charge is 0.480 e. The number of rotatable bonds is 3. The SMILES string of the molecule is N[C@@H](Cc1c(F)ccc(Cl)c1Cl)C(=O)O. The van der Waals surface area contributed by atoms with Crippen LogP contribution in [0.2, 0.25) is 10.0 Å². The minimum atomic E-state index is -1.22. The Morgan fingerprint density at radius 2 is 2.13 bits per heavy atom. The van der Waals surface area contributed by atoms with Gasteiger partial charge >= 0.3 is 5.97 Å². The Labute approximate surface area is 95.6 Å². The highest BCUT2D eigenvalue weighted by Gasteiger charge is 2.18. The summed E-state index contributed by atoms with van der Waals surface area (Å²) in [5, 5.41) is 8.75. The van der Waals surface area contributed by atoms with E-state index >= 15 is 0 Å². The molecule has 0 unspecified atom stereocenters. The zero-order chi connectivity index (χ0) is 11.6. The van der Waals surface area contributed by atoms with E-state index in [9.17, 15) is 9.18 Å². The highest BCUT2D eigenvalue weighted by atomic mass is 35.5. The molecule has 0 saturated carbocycles. The number of benzene rings is 1. The fourth-order valence-electron chi connectivity index (χ4n) is 1.06. The number of hydrogen-bond acceptors (Lipinski definition) is 2. The van der Waals surface area contributed by atoms with Crippen LogP contribution >= 0.6 is 23.2 Å². The summed E-state index contributed by atoms with van der Waals surface area (Å²) < 4.78 is 13.3. The van der Waals surface area contributed by atoms with Crippen molar-refractivity contribution >= 4 is 29.2 Å². The smallest absolute Gasteiger partial charge is 0.320 e. The first-order chi connectivity index (χ1) is 6.93. The third-order valence-corrected chi connectivity index (χ3v) is 2.72. The number of carbonyl (C=O) groups is 1. The van der Waals surface area contributed by atoms with Crippen LogP contribution in [0.5, 0.6) is 0 Å². The molecule has 0 bridgehead atoms. The number of aliphatic carboxylic acids is 1. The van der Waals surface area contributed by atoms with Crippen molar-refractivity contribution < 1.29 is 14.3 Å². The van der Waals surface area contributed by atoms with Gasteiger partial charge in [-0.3, -0.25) is 4.79 Å². The molecule has 0 radical (unpaired) electrons. The summed E-state index contributed by atoms with van der Waals surface area (Å²) in [5.74, 6) is -1.83. The molecule has 0 aliphatic heterocycles. The Balaban J connectivity index is 3.03. The van der Waals surface area contributed by atoms with Crippen molar-refractivity contribution in [3.63, 3.8) is 0 Å². The fraction of sp³-hybridized carbons (Fsp3) is 0.222. The van der Waals surface area contributed by atoms with Gasteiger partial charge in [-0.25, -0.2) is 4.39 Å². The Morgan fingerprint density at radius 3 is 2.67 bits per heavy atom. The lowest BCUT2D eigenvalue weighted by molar-refractivity contribution is -0.138. The number of hydrogen-bond donors (Lipinski definition) is 2. The van der Waals surface area contributed by atoms with E-state index in [1.807, 2.05) is 0 Å². The Hall–Kier alpha value is -0.840. The van der Waals surface area contributed by atoms with Crippen molar-refractivity contribution in [2.45, 2.75) is 12.5 Å². The standard InChI is InChI=1S/C9H8Cl2FNO2/c10-5-1-2-6(12)4(8(5)11)3-7(13)9(14)15/h1-2,7H,3,13H2,(H,14,15)/t7-/m0/s1. The summed E-state index contributed by atoms with van der Waals surface area (Å²) in [5.41, 5.74) is 5.30. The maximum Gasteiger partial charge on any atom is 0.320 e. The number of halogens is 3. The van der Waals surface area contributed by atoms with Gasteiger partial charge in [0.05, 0.1) is 10.0 Å². The second-order valence-corrected chi connectivity index (χ2v) is 3.76. The molecule has 0 amide bonds. The molecule has 0 saturated heterocycles. The topological polar surface area (TPSA) is 63.3 Å². The van der Waals surface area contributed by atoms with Gasteiger partial charge < -0.3 is 10.8 Å². The van der Waals surface area contributed by atoms with Crippen molar-refractivity contribution in [1.29, 1.82) is 0 Å². The highest BCUT2D eigenvalue weighted by Crippen LogP contribution is 2.28. The second kappa shape index (κ2) is 4.79. The van der Waals surface area contributed by atoms with E-state index in [0.717, 1.165) is 6.07 Å². The molecule has 1 rings (SSSR count). The van der Waals surface area contributed by atoms with Crippen molar-refractivity contribution in [2.24, 2.45) is 5.73 Å². The van der Waals surface area contributed by atoms with E-state index < -0.39 is 17.8 Å². The summed E-state index contributed by atoms with van der Waals surface area (Å²) in [4.78, 5) is 10.5. The minimum absolute atomic E-state index is 0.00775.